The first-order valence-corrected chi connectivity index (χ1v) is 18.8. The SMILES string of the molecule is C=C1/C(=C\CP(=O)(c2ccccc2)c2ccccc2)C[C@@H](O[Si](C)(C)C(C)(C)C)C[C@@H]1OC1CCCCO1. The maximum Gasteiger partial charge on any atom is 0.192 e. The second-order valence-electron chi connectivity index (χ2n) is 12.2. The molecule has 2 aromatic rings. The van der Waals surface area contributed by atoms with Crippen molar-refractivity contribution >= 4 is 26.1 Å². The molecule has 0 aromatic heterocycles. The summed E-state index contributed by atoms with van der Waals surface area (Å²) < 4.78 is 34.0. The monoisotopic (exact) mass is 552 g/mol. The van der Waals surface area contributed by atoms with Gasteiger partial charge in [-0.05, 0) is 55.0 Å². The van der Waals surface area contributed by atoms with E-state index in [-0.39, 0.29) is 23.5 Å². The van der Waals surface area contributed by atoms with Crippen LogP contribution in [0.3, 0.4) is 0 Å². The quantitative estimate of drug-likeness (QED) is 0.250. The molecule has 0 N–H and O–H groups in total. The molecule has 0 bridgehead atoms. The third-order valence-corrected chi connectivity index (χ3v) is 15.9. The predicted octanol–water partition coefficient (Wildman–Crippen LogP) is 7.58. The predicted molar refractivity (Wildman–Crippen MR) is 162 cm³/mol. The van der Waals surface area contributed by atoms with E-state index in [2.05, 4.69) is 46.5 Å². The van der Waals surface area contributed by atoms with Crippen LogP contribution in [-0.2, 0) is 18.5 Å². The van der Waals surface area contributed by atoms with Crippen molar-refractivity contribution in [3.05, 3.63) is 84.5 Å². The maximum absolute atomic E-state index is 14.7. The molecule has 1 saturated carbocycles. The fraction of sp³-hybridized carbons (Fsp3) is 0.500. The van der Waals surface area contributed by atoms with Gasteiger partial charge in [0.1, 0.15) is 7.14 Å². The maximum atomic E-state index is 14.7. The first-order chi connectivity index (χ1) is 18.0. The molecule has 3 atom stereocenters. The molecule has 1 unspecified atom stereocenters. The molecule has 0 amide bonds. The highest BCUT2D eigenvalue weighted by molar-refractivity contribution is 7.78. The van der Waals surface area contributed by atoms with Crippen molar-refractivity contribution in [2.75, 3.05) is 12.8 Å². The van der Waals surface area contributed by atoms with Gasteiger partial charge in [0.25, 0.3) is 0 Å². The molecule has 0 radical (unpaired) electrons. The van der Waals surface area contributed by atoms with Gasteiger partial charge in [0.15, 0.2) is 14.6 Å². The van der Waals surface area contributed by atoms with Crippen molar-refractivity contribution in [1.82, 2.24) is 0 Å². The summed E-state index contributed by atoms with van der Waals surface area (Å²) in [7, 11) is -4.86. The topological polar surface area (TPSA) is 44.8 Å². The lowest BCUT2D eigenvalue weighted by atomic mass is 9.86. The van der Waals surface area contributed by atoms with Gasteiger partial charge in [-0.15, -0.1) is 0 Å². The van der Waals surface area contributed by atoms with Crippen LogP contribution in [0.5, 0.6) is 0 Å². The minimum Gasteiger partial charge on any atom is -0.413 e. The van der Waals surface area contributed by atoms with Crippen LogP contribution in [0.25, 0.3) is 0 Å². The first kappa shape index (κ1) is 29.2. The van der Waals surface area contributed by atoms with Gasteiger partial charge < -0.3 is 18.5 Å². The third-order valence-electron chi connectivity index (χ3n) is 8.39. The zero-order chi connectivity index (χ0) is 27.4. The van der Waals surface area contributed by atoms with Crippen molar-refractivity contribution in [2.24, 2.45) is 0 Å². The summed E-state index contributed by atoms with van der Waals surface area (Å²) in [6, 6.07) is 19.7. The van der Waals surface area contributed by atoms with Crippen LogP contribution in [0.4, 0.5) is 0 Å². The molecule has 1 aliphatic carbocycles. The lowest BCUT2D eigenvalue weighted by Crippen LogP contribution is -2.46. The minimum atomic E-state index is -2.87. The number of hydrogen-bond acceptors (Lipinski definition) is 4. The van der Waals surface area contributed by atoms with Gasteiger partial charge in [-0.1, -0.05) is 94.1 Å². The van der Waals surface area contributed by atoms with Gasteiger partial charge >= 0.3 is 0 Å². The molecule has 1 saturated heterocycles. The van der Waals surface area contributed by atoms with Crippen molar-refractivity contribution in [3.63, 3.8) is 0 Å². The van der Waals surface area contributed by atoms with Gasteiger partial charge in [0.05, 0.1) is 12.2 Å². The summed E-state index contributed by atoms with van der Waals surface area (Å²) in [4.78, 5) is 0. The highest BCUT2D eigenvalue weighted by atomic mass is 31.2. The average molecular weight is 553 g/mol. The van der Waals surface area contributed by atoms with Gasteiger partial charge in [-0.25, -0.2) is 0 Å². The molecular formula is C32H45O4PSi. The zero-order valence-electron chi connectivity index (χ0n) is 23.8. The summed E-state index contributed by atoms with van der Waals surface area (Å²) in [5.41, 5.74) is 2.08. The van der Waals surface area contributed by atoms with E-state index in [1.165, 1.54) is 0 Å². The standard InChI is InChI=1S/C32H45O4PSi/c1-25-26(20-22-37(33,28-15-9-7-10-16-28)29-17-11-8-12-18-29)23-27(36-38(5,6)32(2,3)4)24-30(25)35-31-19-13-14-21-34-31/h7-12,15-18,20,27,30-31H,1,13-14,19,21-24H2,2-6H3/b26-20-/t27-,30+,31?/m1/s1. The number of ether oxygens (including phenoxy) is 2. The van der Waals surface area contributed by atoms with Crippen LogP contribution in [0, 0.1) is 0 Å². The van der Waals surface area contributed by atoms with E-state index in [0.29, 0.717) is 6.16 Å². The molecule has 2 aliphatic rings. The fourth-order valence-corrected chi connectivity index (χ4v) is 8.89. The van der Waals surface area contributed by atoms with Crippen LogP contribution in [0.15, 0.2) is 84.5 Å². The number of allylic oxidation sites excluding steroid dienone is 1. The number of rotatable bonds is 8. The van der Waals surface area contributed by atoms with Crippen LogP contribution < -0.4 is 10.6 Å². The molecular weight excluding hydrogens is 507 g/mol. The van der Waals surface area contributed by atoms with E-state index >= 15 is 0 Å². The van der Waals surface area contributed by atoms with E-state index in [0.717, 1.165) is 60.5 Å². The second-order valence-corrected chi connectivity index (χ2v) is 19.8. The summed E-state index contributed by atoms with van der Waals surface area (Å²) in [6.07, 6.45) is 6.92. The Kier molecular flexibility index (Phi) is 9.37. The Morgan fingerprint density at radius 3 is 2.16 bits per heavy atom. The summed E-state index contributed by atoms with van der Waals surface area (Å²) >= 11 is 0. The highest BCUT2D eigenvalue weighted by Gasteiger charge is 2.42. The Morgan fingerprint density at radius 2 is 1.63 bits per heavy atom. The average Bonchev–Trinajstić information content (AvgIpc) is 2.90. The molecule has 4 nitrogen and oxygen atoms in total. The van der Waals surface area contributed by atoms with Crippen LogP contribution in [-0.4, -0.2) is 39.6 Å². The molecule has 38 heavy (non-hydrogen) atoms. The van der Waals surface area contributed by atoms with Crippen LogP contribution in [0.2, 0.25) is 18.1 Å². The van der Waals surface area contributed by atoms with Crippen molar-refractivity contribution in [2.45, 2.75) is 89.5 Å². The molecule has 4 rings (SSSR count). The van der Waals surface area contributed by atoms with Crippen molar-refractivity contribution in [3.8, 4) is 0 Å². The lowest BCUT2D eigenvalue weighted by molar-refractivity contribution is -0.185. The van der Waals surface area contributed by atoms with Crippen LogP contribution >= 0.6 is 7.14 Å². The van der Waals surface area contributed by atoms with Crippen molar-refractivity contribution in [1.29, 1.82) is 0 Å². The van der Waals surface area contributed by atoms with E-state index in [1.807, 2.05) is 60.7 Å². The first-order valence-electron chi connectivity index (χ1n) is 14.0. The van der Waals surface area contributed by atoms with Gasteiger partial charge in [-0.3, -0.25) is 0 Å². The zero-order valence-corrected chi connectivity index (χ0v) is 25.7. The summed E-state index contributed by atoms with van der Waals surface area (Å²) in [5.74, 6) is 0. The highest BCUT2D eigenvalue weighted by Crippen LogP contribution is 2.46. The van der Waals surface area contributed by atoms with Gasteiger partial charge in [0.2, 0.25) is 0 Å². The minimum absolute atomic E-state index is 0.0362. The normalized spacial score (nSPS) is 24.5. The molecule has 1 aliphatic heterocycles. The molecule has 0 spiro atoms. The lowest BCUT2D eigenvalue weighted by Gasteiger charge is -2.43. The van der Waals surface area contributed by atoms with E-state index in [9.17, 15) is 4.57 Å². The second kappa shape index (κ2) is 12.2. The largest absolute Gasteiger partial charge is 0.413 e. The molecule has 6 heteroatoms. The summed E-state index contributed by atoms with van der Waals surface area (Å²) in [5, 5.41) is 1.87. The Balaban J connectivity index is 1.64. The fourth-order valence-electron chi connectivity index (χ4n) is 5.02. The van der Waals surface area contributed by atoms with Crippen LogP contribution in [0.1, 0.15) is 52.9 Å². The summed E-state index contributed by atoms with van der Waals surface area (Å²) in [6.45, 7) is 16.7. The molecule has 1 heterocycles. The van der Waals surface area contributed by atoms with Crippen molar-refractivity contribution < 1.29 is 18.5 Å². The van der Waals surface area contributed by atoms with E-state index < -0.39 is 15.5 Å². The smallest absolute Gasteiger partial charge is 0.192 e. The van der Waals surface area contributed by atoms with Gasteiger partial charge in [-0.2, -0.15) is 0 Å². The molecule has 2 fully saturated rings. The number of benzene rings is 2. The Hall–Kier alpha value is -1.75. The molecule has 206 valence electrons. The molecule has 2 aromatic carbocycles. The number of hydrogen-bond donors (Lipinski definition) is 0. The Morgan fingerprint density at radius 1 is 1.03 bits per heavy atom. The van der Waals surface area contributed by atoms with E-state index in [1.54, 1.807) is 0 Å². The Labute approximate surface area is 231 Å². The van der Waals surface area contributed by atoms with E-state index in [4.69, 9.17) is 13.9 Å². The van der Waals surface area contributed by atoms with Gasteiger partial charge in [0, 0.05) is 29.8 Å². The third kappa shape index (κ3) is 6.87. The Bertz CT molecular complexity index is 1100.